The van der Waals surface area contributed by atoms with Crippen molar-refractivity contribution in [1.82, 2.24) is 4.98 Å². The van der Waals surface area contributed by atoms with Gasteiger partial charge in [0.2, 0.25) is 0 Å². The molecule has 0 bridgehead atoms. The maximum atomic E-state index is 9.40. The van der Waals surface area contributed by atoms with E-state index in [1.54, 1.807) is 24.4 Å². The van der Waals surface area contributed by atoms with Gasteiger partial charge in [-0.25, -0.2) is 4.98 Å². The second kappa shape index (κ2) is 4.86. The van der Waals surface area contributed by atoms with Crippen LogP contribution in [0.5, 0.6) is 5.75 Å². The molecular formula is C15H11N3O. The molecule has 92 valence electrons. The summed E-state index contributed by atoms with van der Waals surface area (Å²) >= 11 is 0. The fourth-order valence-electron chi connectivity index (χ4n) is 1.80. The molecule has 4 heteroatoms. The van der Waals surface area contributed by atoms with E-state index in [9.17, 15) is 5.11 Å². The van der Waals surface area contributed by atoms with Crippen LogP contribution in [0.4, 0.5) is 11.5 Å². The lowest BCUT2D eigenvalue weighted by Crippen LogP contribution is -1.73. The van der Waals surface area contributed by atoms with Crippen LogP contribution in [0.25, 0.3) is 10.8 Å². The summed E-state index contributed by atoms with van der Waals surface area (Å²) in [5.41, 5.74) is 0.754. The third-order valence-corrected chi connectivity index (χ3v) is 2.72. The molecule has 0 aliphatic heterocycles. The second-order valence-electron chi connectivity index (χ2n) is 4.10. The predicted molar refractivity (Wildman–Crippen MR) is 74.0 cm³/mol. The van der Waals surface area contributed by atoms with E-state index in [1.165, 1.54) is 0 Å². The first-order valence-corrected chi connectivity index (χ1v) is 5.87. The number of hydrogen-bond donors (Lipinski definition) is 1. The van der Waals surface area contributed by atoms with E-state index < -0.39 is 0 Å². The molecule has 4 nitrogen and oxygen atoms in total. The fourth-order valence-corrected chi connectivity index (χ4v) is 1.80. The highest BCUT2D eigenvalue weighted by molar-refractivity contribution is 5.86. The largest absolute Gasteiger partial charge is 0.508 e. The number of nitrogens with zero attached hydrogens (tertiary/aromatic N) is 3. The minimum Gasteiger partial charge on any atom is -0.508 e. The molecule has 1 N–H and O–H groups in total. The van der Waals surface area contributed by atoms with Gasteiger partial charge in [-0.3, -0.25) is 0 Å². The van der Waals surface area contributed by atoms with Crippen molar-refractivity contribution in [3.63, 3.8) is 0 Å². The standard InChI is InChI=1S/C15H11N3O/c19-14-7-5-11-9-13(6-4-12(11)10-14)17-18-15-3-1-2-8-16-15/h1-10,19H. The molecule has 0 fully saturated rings. The van der Waals surface area contributed by atoms with Crippen molar-refractivity contribution in [2.75, 3.05) is 0 Å². The predicted octanol–water partition coefficient (Wildman–Crippen LogP) is 4.36. The fraction of sp³-hybridized carbons (Fsp3) is 0. The number of rotatable bonds is 2. The highest BCUT2D eigenvalue weighted by Crippen LogP contribution is 2.25. The zero-order valence-corrected chi connectivity index (χ0v) is 10.1. The van der Waals surface area contributed by atoms with E-state index in [-0.39, 0.29) is 5.75 Å². The Morgan fingerprint density at radius 2 is 1.68 bits per heavy atom. The van der Waals surface area contributed by atoms with Gasteiger partial charge in [0.15, 0.2) is 5.82 Å². The van der Waals surface area contributed by atoms with Crippen LogP contribution in [-0.4, -0.2) is 10.1 Å². The molecule has 0 unspecified atom stereocenters. The minimum atomic E-state index is 0.260. The number of aromatic hydroxyl groups is 1. The van der Waals surface area contributed by atoms with Crippen molar-refractivity contribution in [3.8, 4) is 5.75 Å². The normalized spacial score (nSPS) is 11.2. The Morgan fingerprint density at radius 3 is 2.53 bits per heavy atom. The summed E-state index contributed by atoms with van der Waals surface area (Å²) in [7, 11) is 0. The molecular weight excluding hydrogens is 238 g/mol. The molecule has 0 aliphatic carbocycles. The molecule has 0 spiro atoms. The van der Waals surface area contributed by atoms with Crippen molar-refractivity contribution < 1.29 is 5.11 Å². The molecule has 19 heavy (non-hydrogen) atoms. The molecule has 0 atom stereocenters. The summed E-state index contributed by atoms with van der Waals surface area (Å²) in [6, 6.07) is 16.4. The lowest BCUT2D eigenvalue weighted by atomic mass is 10.1. The molecule has 0 aliphatic rings. The first kappa shape index (κ1) is 11.3. The van der Waals surface area contributed by atoms with Crippen LogP contribution in [0.15, 0.2) is 71.0 Å². The summed E-state index contributed by atoms with van der Waals surface area (Å²) in [5, 5.41) is 19.6. The first-order valence-electron chi connectivity index (χ1n) is 5.87. The van der Waals surface area contributed by atoms with E-state index in [2.05, 4.69) is 15.2 Å². The van der Waals surface area contributed by atoms with Crippen LogP contribution in [-0.2, 0) is 0 Å². The van der Waals surface area contributed by atoms with Crippen molar-refractivity contribution >= 4 is 22.3 Å². The van der Waals surface area contributed by atoms with Gasteiger partial charge in [-0.05, 0) is 47.2 Å². The van der Waals surface area contributed by atoms with Gasteiger partial charge in [0, 0.05) is 6.20 Å². The van der Waals surface area contributed by atoms with Crippen LogP contribution in [0, 0.1) is 0 Å². The van der Waals surface area contributed by atoms with Gasteiger partial charge in [-0.15, -0.1) is 10.2 Å². The van der Waals surface area contributed by atoms with E-state index in [0.717, 1.165) is 16.5 Å². The number of azo groups is 1. The average Bonchev–Trinajstić information content (AvgIpc) is 2.46. The maximum absolute atomic E-state index is 9.40. The number of phenolic OH excluding ortho intramolecular Hbond substituents is 1. The Labute approximate surface area is 110 Å². The maximum Gasteiger partial charge on any atom is 0.174 e. The number of pyridine rings is 1. The number of hydrogen-bond acceptors (Lipinski definition) is 4. The monoisotopic (exact) mass is 249 g/mol. The van der Waals surface area contributed by atoms with Gasteiger partial charge in [-0.1, -0.05) is 18.2 Å². The van der Waals surface area contributed by atoms with Crippen LogP contribution in [0.1, 0.15) is 0 Å². The highest BCUT2D eigenvalue weighted by Gasteiger charge is 1.97. The van der Waals surface area contributed by atoms with Gasteiger partial charge in [0.05, 0.1) is 5.69 Å². The Hall–Kier alpha value is -2.75. The molecule has 3 aromatic rings. The molecule has 0 radical (unpaired) electrons. The van der Waals surface area contributed by atoms with Gasteiger partial charge in [-0.2, -0.15) is 0 Å². The summed E-state index contributed by atoms with van der Waals surface area (Å²) < 4.78 is 0. The third-order valence-electron chi connectivity index (χ3n) is 2.72. The van der Waals surface area contributed by atoms with E-state index in [1.807, 2.05) is 36.4 Å². The minimum absolute atomic E-state index is 0.260. The Morgan fingerprint density at radius 1 is 0.842 bits per heavy atom. The SMILES string of the molecule is Oc1ccc2cc(N=Nc3ccccn3)ccc2c1. The molecule has 0 saturated carbocycles. The lowest BCUT2D eigenvalue weighted by Gasteiger charge is -1.99. The molecule has 0 amide bonds. The van der Waals surface area contributed by atoms with Crippen molar-refractivity contribution in [3.05, 3.63) is 60.8 Å². The van der Waals surface area contributed by atoms with Crippen molar-refractivity contribution in [2.24, 2.45) is 10.2 Å². The molecule has 1 heterocycles. The molecule has 2 aromatic carbocycles. The van der Waals surface area contributed by atoms with E-state index in [4.69, 9.17) is 0 Å². The summed E-state index contributed by atoms with van der Waals surface area (Å²) in [5.74, 6) is 0.837. The summed E-state index contributed by atoms with van der Waals surface area (Å²) in [6.45, 7) is 0. The number of phenols is 1. The van der Waals surface area contributed by atoms with Crippen molar-refractivity contribution in [2.45, 2.75) is 0 Å². The van der Waals surface area contributed by atoms with E-state index in [0.29, 0.717) is 5.82 Å². The third kappa shape index (κ3) is 2.57. The Kier molecular flexibility index (Phi) is 2.90. The Balaban J connectivity index is 1.94. The summed E-state index contributed by atoms with van der Waals surface area (Å²) in [4.78, 5) is 4.07. The zero-order chi connectivity index (χ0) is 13.1. The zero-order valence-electron chi connectivity index (χ0n) is 10.1. The van der Waals surface area contributed by atoms with Crippen LogP contribution >= 0.6 is 0 Å². The molecule has 1 aromatic heterocycles. The first-order chi connectivity index (χ1) is 9.31. The van der Waals surface area contributed by atoms with Gasteiger partial charge in [0.1, 0.15) is 5.75 Å². The lowest BCUT2D eigenvalue weighted by molar-refractivity contribution is 0.476. The van der Waals surface area contributed by atoms with Crippen LogP contribution in [0.3, 0.4) is 0 Å². The second-order valence-corrected chi connectivity index (χ2v) is 4.10. The van der Waals surface area contributed by atoms with Crippen molar-refractivity contribution in [1.29, 1.82) is 0 Å². The van der Waals surface area contributed by atoms with Crippen LogP contribution < -0.4 is 0 Å². The Bertz CT molecular complexity index is 739. The number of fused-ring (bicyclic) bond motifs is 1. The topological polar surface area (TPSA) is 57.8 Å². The number of aromatic nitrogens is 1. The van der Waals surface area contributed by atoms with Gasteiger partial charge in [0.25, 0.3) is 0 Å². The van der Waals surface area contributed by atoms with Gasteiger partial charge >= 0.3 is 0 Å². The van der Waals surface area contributed by atoms with E-state index >= 15 is 0 Å². The summed E-state index contributed by atoms with van der Waals surface area (Å²) in [6.07, 6.45) is 1.68. The number of benzene rings is 2. The average molecular weight is 249 g/mol. The molecule has 3 rings (SSSR count). The quantitative estimate of drug-likeness (QED) is 0.686. The molecule has 0 saturated heterocycles. The van der Waals surface area contributed by atoms with Crippen LogP contribution in [0.2, 0.25) is 0 Å². The van der Waals surface area contributed by atoms with Gasteiger partial charge < -0.3 is 5.11 Å². The highest BCUT2D eigenvalue weighted by atomic mass is 16.3. The smallest absolute Gasteiger partial charge is 0.174 e.